The molecule has 5 fully saturated rings. The molecular formula is C83H121ClN4O26. The van der Waals surface area contributed by atoms with Gasteiger partial charge in [-0.1, -0.05) is 52.7 Å². The second-order valence-corrected chi connectivity index (χ2v) is 33.8. The summed E-state index contributed by atoms with van der Waals surface area (Å²) in [6, 6.07) is 12.6. The number of benzene rings is 2. The van der Waals surface area contributed by atoms with E-state index in [-0.39, 0.29) is 130 Å². The lowest BCUT2D eigenvalue weighted by Gasteiger charge is -2.39. The van der Waals surface area contributed by atoms with Crippen LogP contribution in [0.4, 0.5) is 0 Å². The smallest absolute Gasteiger partial charge is 0.316 e. The number of aromatic nitrogens is 2. The number of ketones is 6. The zero-order valence-corrected chi connectivity index (χ0v) is 69.7. The fraction of sp³-hybridized carbons (Fsp3) is 0.663. The number of carbonyl (C=O) groups is 12. The van der Waals surface area contributed by atoms with Gasteiger partial charge in [-0.3, -0.25) is 57.5 Å². The van der Waals surface area contributed by atoms with Gasteiger partial charge in [0.25, 0.3) is 0 Å². The van der Waals surface area contributed by atoms with E-state index < -0.39 is 118 Å². The van der Waals surface area contributed by atoms with E-state index >= 15 is 0 Å². The largest absolute Gasteiger partial charge is 0.496 e. The first-order chi connectivity index (χ1) is 53.2. The quantitative estimate of drug-likeness (QED) is 0.0128. The number of ether oxygens (including phenoxy) is 9. The summed E-state index contributed by atoms with van der Waals surface area (Å²) in [4.78, 5) is 156. The third-order valence-corrected chi connectivity index (χ3v) is 21.1. The second kappa shape index (κ2) is 42.7. The predicted molar refractivity (Wildman–Crippen MR) is 420 cm³/mol. The van der Waals surface area contributed by atoms with Gasteiger partial charge in [-0.05, 0) is 169 Å². The maximum Gasteiger partial charge on any atom is 0.316 e. The molecule has 2 saturated carbocycles. The lowest BCUT2D eigenvalue weighted by Crippen LogP contribution is -2.51. The van der Waals surface area contributed by atoms with Crippen LogP contribution in [0.2, 0.25) is 0 Å². The summed E-state index contributed by atoms with van der Waals surface area (Å²) in [6.45, 7) is 23.9. The van der Waals surface area contributed by atoms with E-state index in [1.165, 1.54) is 6.92 Å². The summed E-state index contributed by atoms with van der Waals surface area (Å²) in [5, 5.41) is 50.0. The van der Waals surface area contributed by atoms with Gasteiger partial charge in [0.1, 0.15) is 44.7 Å². The van der Waals surface area contributed by atoms with Crippen LogP contribution < -0.4 is 20.1 Å². The summed E-state index contributed by atoms with van der Waals surface area (Å²) in [7, 11) is 3.14. The van der Waals surface area contributed by atoms with Crippen LogP contribution in [0.15, 0.2) is 48.5 Å². The van der Waals surface area contributed by atoms with E-state index in [1.807, 2.05) is 64.1 Å². The monoisotopic (exact) mass is 1620 g/mol. The fourth-order valence-electron chi connectivity index (χ4n) is 12.9. The van der Waals surface area contributed by atoms with Crippen molar-refractivity contribution in [2.24, 2.45) is 57.2 Å². The average Bonchev–Trinajstić information content (AvgIpc) is 1.77. The third-order valence-electron chi connectivity index (χ3n) is 20.9. The van der Waals surface area contributed by atoms with Crippen molar-refractivity contribution < 1.29 is 126 Å². The van der Waals surface area contributed by atoms with Crippen molar-refractivity contribution in [2.45, 2.75) is 216 Å². The summed E-state index contributed by atoms with van der Waals surface area (Å²) >= 11 is 5.82. The lowest BCUT2D eigenvalue weighted by atomic mass is 9.82. The number of carboxylic acid groups (broad SMARTS) is 3. The number of carbonyl (C=O) groups excluding carboxylic acids is 9. The fourth-order valence-corrected chi connectivity index (χ4v) is 13.1. The predicted octanol–water partition coefficient (Wildman–Crippen LogP) is 10.6. The van der Waals surface area contributed by atoms with Crippen molar-refractivity contribution in [3.8, 4) is 11.5 Å². The molecule has 3 saturated heterocycles. The SMILES string of the molecule is CC(CO)(CO)C(=O)O.CC1(C)OCC(C)(C(=O)O)CO1.CC1(C)OCC(C)(C(=O)O)CO1.COc1cccc2[nH]c(C(=O)C[C@@H](CC(C)C)C(=O)N[C@@H](C[C@@H]3CCCCC3=O)C(=O)CCl)cc12.COc1cccc2[nH]c(C(=O)C[C@@H](CC(C)C)C(=O)N[C@@H](C[C@@H]3CCCCC3=O)C(=O)COC(=O)C3(C)COC(C)(C)OC3)cc12. The molecule has 0 unspecified atom stereocenters. The summed E-state index contributed by atoms with van der Waals surface area (Å²) in [5.74, 6) is -8.21. The maximum atomic E-state index is 13.8. The molecule has 9 rings (SSSR count). The molecule has 5 heterocycles. The number of amides is 2. The number of Topliss-reactive ketones (excluding diaryl/α,β-unsaturated/α-hetero) is 6. The van der Waals surface area contributed by atoms with Crippen molar-refractivity contribution >= 4 is 104 Å². The molecule has 0 spiro atoms. The molecule has 30 nitrogen and oxygen atoms in total. The van der Waals surface area contributed by atoms with E-state index in [9.17, 15) is 57.5 Å². The van der Waals surface area contributed by atoms with Gasteiger partial charge in [0, 0.05) is 71.2 Å². The number of esters is 1. The number of aliphatic hydroxyl groups excluding tert-OH is 2. The molecule has 2 amide bonds. The van der Waals surface area contributed by atoms with Crippen molar-refractivity contribution in [1.82, 2.24) is 20.6 Å². The van der Waals surface area contributed by atoms with Gasteiger partial charge >= 0.3 is 23.9 Å². The number of H-pyrrole nitrogens is 2. The Bertz CT molecular complexity index is 3910. The summed E-state index contributed by atoms with van der Waals surface area (Å²) < 4.78 is 48.5. The Hall–Kier alpha value is -8.07. The minimum Gasteiger partial charge on any atom is -0.496 e. The van der Waals surface area contributed by atoms with Gasteiger partial charge in [0.2, 0.25) is 11.8 Å². The molecule has 2 aromatic heterocycles. The molecule has 2 aromatic carbocycles. The molecule has 31 heteroatoms. The number of hydrogen-bond acceptors (Lipinski definition) is 23. The molecular weight excluding hydrogens is 1500 g/mol. The Morgan fingerprint density at radius 2 is 0.895 bits per heavy atom. The van der Waals surface area contributed by atoms with Crippen LogP contribution in [-0.2, 0) is 81.1 Å². The highest BCUT2D eigenvalue weighted by Crippen LogP contribution is 2.36. The van der Waals surface area contributed by atoms with Gasteiger partial charge in [0.05, 0.1) is 96.4 Å². The molecule has 0 bridgehead atoms. The number of carboxylic acids is 3. The Kier molecular flexibility index (Phi) is 36.1. The third kappa shape index (κ3) is 28.4. The van der Waals surface area contributed by atoms with E-state index in [0.717, 1.165) is 53.9 Å². The van der Waals surface area contributed by atoms with Crippen LogP contribution >= 0.6 is 11.6 Å². The van der Waals surface area contributed by atoms with Crippen molar-refractivity contribution in [3.05, 3.63) is 59.9 Å². The number of fused-ring (bicyclic) bond motifs is 2. The minimum atomic E-state index is -1.39. The summed E-state index contributed by atoms with van der Waals surface area (Å²) in [5.41, 5.74) is -1.97. The van der Waals surface area contributed by atoms with Gasteiger partial charge in [-0.2, -0.15) is 0 Å². The Morgan fingerprint density at radius 3 is 1.19 bits per heavy atom. The van der Waals surface area contributed by atoms with E-state index in [4.69, 9.17) is 79.8 Å². The van der Waals surface area contributed by atoms with Crippen molar-refractivity contribution in [1.29, 1.82) is 0 Å². The number of methoxy groups -OCH3 is 2. The minimum absolute atomic E-state index is 0.00327. The van der Waals surface area contributed by atoms with E-state index in [1.54, 1.807) is 88.7 Å². The topological polar surface area (TPSA) is 445 Å². The Labute approximate surface area is 671 Å². The summed E-state index contributed by atoms with van der Waals surface area (Å²) in [6.07, 6.45) is 6.96. The molecule has 4 aromatic rings. The average molecular weight is 1630 g/mol. The molecule has 9 N–H and O–H groups in total. The van der Waals surface area contributed by atoms with E-state index in [0.29, 0.717) is 55.0 Å². The van der Waals surface area contributed by atoms with Crippen LogP contribution in [0.3, 0.4) is 0 Å². The second-order valence-electron chi connectivity index (χ2n) is 33.6. The maximum absolute atomic E-state index is 13.8. The number of aliphatic carboxylic acids is 3. The van der Waals surface area contributed by atoms with Crippen LogP contribution in [0, 0.1) is 57.2 Å². The molecule has 0 radical (unpaired) electrons. The Morgan fingerprint density at radius 1 is 0.544 bits per heavy atom. The molecule has 3 aliphatic heterocycles. The first kappa shape index (κ1) is 96.5. The number of aromatic amines is 2. The van der Waals surface area contributed by atoms with Crippen LogP contribution in [-0.4, -0.2) is 215 Å². The van der Waals surface area contributed by atoms with Crippen molar-refractivity contribution in [2.75, 3.05) is 79.6 Å². The van der Waals surface area contributed by atoms with Crippen LogP contribution in [0.25, 0.3) is 21.8 Å². The highest BCUT2D eigenvalue weighted by Gasteiger charge is 2.46. The van der Waals surface area contributed by atoms with Gasteiger partial charge in [-0.15, -0.1) is 11.6 Å². The molecule has 6 atom stereocenters. The first-order valence-electron chi connectivity index (χ1n) is 38.8. The molecule has 114 heavy (non-hydrogen) atoms. The molecule has 2 aliphatic carbocycles. The highest BCUT2D eigenvalue weighted by molar-refractivity contribution is 6.28. The number of hydrogen-bond donors (Lipinski definition) is 9. The molecule has 5 aliphatic rings. The normalized spacial score (nSPS) is 20.3. The number of halogens is 1. The standard InChI is InChI=1S/C35H48N2O9.C27H35ClN2O5.2C8H14O4.C5H10O4/c1-21(2)14-23(16-29(39)27-17-24-25(36-27)11-9-13-31(24)43-6)32(41)37-26(15-22-10-7-8-12-28(22)38)30(40)18-44-33(42)35(5)19-45-34(3,4)46-20-35;1-16(2)11-18(13-24(32)22-14-19-20(29-22)8-6-10-26(19)35-3)27(34)30-21(25(33)15-28)12-17-7-4-5-9-23(17)31;2*1-7(2)11-4-8(3,5-12-7)6(9)10;1-5(2-6,3-7)4(8)9/h9,11,13,17,21-23,26,36H,7-8,10,12,14-16,18-20H2,1-6H3,(H,37,41);6,8,10,14,16-18,21,29H,4-5,7,9,11-13,15H2,1-3H3,(H,30,34);2*4-5H2,1-3H3,(H,9,10);6-7H,2-3H2,1H3,(H,8,9)/t22-,23+,26-;17-,18+,21-;;;/m00.../s1. The van der Waals surface area contributed by atoms with Crippen molar-refractivity contribution in [3.63, 3.8) is 0 Å². The van der Waals surface area contributed by atoms with Crippen LogP contribution in [0.5, 0.6) is 11.5 Å². The first-order valence-corrected chi connectivity index (χ1v) is 39.3. The zero-order chi connectivity index (χ0) is 85.5. The van der Waals surface area contributed by atoms with Gasteiger partial charge < -0.3 is 88.8 Å². The highest BCUT2D eigenvalue weighted by atomic mass is 35.5. The number of aliphatic hydroxyl groups is 2. The number of alkyl halides is 1. The number of nitrogens with one attached hydrogen (secondary N) is 4. The lowest BCUT2D eigenvalue weighted by molar-refractivity contribution is -0.281. The van der Waals surface area contributed by atoms with Crippen LogP contribution in [0.1, 0.15) is 208 Å². The van der Waals surface area contributed by atoms with Gasteiger partial charge in [0.15, 0.2) is 47.1 Å². The zero-order valence-electron chi connectivity index (χ0n) is 68.9. The van der Waals surface area contributed by atoms with Gasteiger partial charge in [-0.25, -0.2) is 0 Å². The molecule has 636 valence electrons. The van der Waals surface area contributed by atoms with E-state index in [2.05, 4.69) is 20.6 Å². The number of rotatable bonds is 31. The Balaban J connectivity index is 0.000000295.